The van der Waals surface area contributed by atoms with Gasteiger partial charge in [-0.1, -0.05) is 32.0 Å². The smallest absolute Gasteiger partial charge is 0.0447 e. The zero-order chi connectivity index (χ0) is 15.6. The van der Waals surface area contributed by atoms with Gasteiger partial charge in [0.25, 0.3) is 0 Å². The van der Waals surface area contributed by atoms with Crippen LogP contribution < -0.4 is 5.32 Å². The largest absolute Gasteiger partial charge is 0.312 e. The minimum atomic E-state index is 0.421. The van der Waals surface area contributed by atoms with E-state index in [1.165, 1.54) is 29.7 Å². The first-order valence-corrected chi connectivity index (χ1v) is 8.40. The molecule has 2 nitrogen and oxygen atoms in total. The quantitative estimate of drug-likeness (QED) is 0.903. The Kier molecular flexibility index (Phi) is 5.45. The molecule has 21 heavy (non-hydrogen) atoms. The Bertz CT molecular complexity index is 469. The Balaban J connectivity index is 2.12. The lowest BCUT2D eigenvalue weighted by Crippen LogP contribution is -2.48. The molecule has 0 aromatic heterocycles. The maximum atomic E-state index is 3.52. The standard InChI is InChI=1S/C19H32N2/c1-13-9-16(4)17(5)21(11-13)12-19(20-6)18-8-7-14(2)15(3)10-18/h7-8,10,13,16-17,19-20H,9,11-12H2,1-6H3. The van der Waals surface area contributed by atoms with Crippen molar-refractivity contribution >= 4 is 0 Å². The molecule has 1 aliphatic heterocycles. The number of aryl methyl sites for hydroxylation is 2. The van der Waals surface area contributed by atoms with Gasteiger partial charge in [-0.25, -0.2) is 0 Å². The highest BCUT2D eigenvalue weighted by Crippen LogP contribution is 2.29. The number of likely N-dealkylation sites (N-methyl/N-ethyl adjacent to an activating group) is 1. The van der Waals surface area contributed by atoms with E-state index in [0.29, 0.717) is 12.1 Å². The van der Waals surface area contributed by atoms with E-state index in [2.05, 4.69) is 70.1 Å². The highest BCUT2D eigenvalue weighted by Gasteiger charge is 2.30. The maximum Gasteiger partial charge on any atom is 0.0447 e. The molecule has 1 saturated heterocycles. The van der Waals surface area contributed by atoms with E-state index in [4.69, 9.17) is 0 Å². The van der Waals surface area contributed by atoms with Crippen LogP contribution in [0.15, 0.2) is 18.2 Å². The molecular formula is C19H32N2. The minimum Gasteiger partial charge on any atom is -0.312 e. The number of piperidine rings is 1. The van der Waals surface area contributed by atoms with Gasteiger partial charge in [0.05, 0.1) is 0 Å². The van der Waals surface area contributed by atoms with Gasteiger partial charge >= 0.3 is 0 Å². The fourth-order valence-electron chi connectivity index (χ4n) is 3.65. The number of rotatable bonds is 4. The molecule has 1 aliphatic rings. The van der Waals surface area contributed by atoms with Crippen molar-refractivity contribution in [2.24, 2.45) is 11.8 Å². The summed E-state index contributed by atoms with van der Waals surface area (Å²) in [4.78, 5) is 2.68. The lowest BCUT2D eigenvalue weighted by molar-refractivity contribution is 0.0710. The summed E-state index contributed by atoms with van der Waals surface area (Å²) in [7, 11) is 2.08. The van der Waals surface area contributed by atoms with Crippen molar-refractivity contribution in [3.8, 4) is 0 Å². The van der Waals surface area contributed by atoms with Crippen LogP contribution in [-0.2, 0) is 0 Å². The second-order valence-electron chi connectivity index (χ2n) is 7.20. The van der Waals surface area contributed by atoms with Crippen LogP contribution in [0, 0.1) is 25.7 Å². The summed E-state index contributed by atoms with van der Waals surface area (Å²) in [5.74, 6) is 1.61. The Morgan fingerprint density at radius 3 is 2.52 bits per heavy atom. The van der Waals surface area contributed by atoms with Gasteiger partial charge in [-0.3, -0.25) is 4.90 Å². The molecule has 0 aliphatic carbocycles. The lowest BCUT2D eigenvalue weighted by Gasteiger charge is -2.42. The zero-order valence-electron chi connectivity index (χ0n) is 14.6. The molecule has 2 heteroatoms. The summed E-state index contributed by atoms with van der Waals surface area (Å²) in [6, 6.07) is 7.98. The van der Waals surface area contributed by atoms with Crippen LogP contribution in [0.4, 0.5) is 0 Å². The average Bonchev–Trinajstić information content (AvgIpc) is 2.44. The highest BCUT2D eigenvalue weighted by atomic mass is 15.2. The molecule has 0 spiro atoms. The highest BCUT2D eigenvalue weighted by molar-refractivity contribution is 5.31. The van der Waals surface area contributed by atoms with Crippen LogP contribution >= 0.6 is 0 Å². The summed E-state index contributed by atoms with van der Waals surface area (Å²) in [5.41, 5.74) is 4.18. The molecule has 1 aromatic carbocycles. The fraction of sp³-hybridized carbons (Fsp3) is 0.684. The third-order valence-electron chi connectivity index (χ3n) is 5.42. The van der Waals surface area contributed by atoms with Crippen LogP contribution in [-0.4, -0.2) is 31.1 Å². The predicted molar refractivity (Wildman–Crippen MR) is 91.7 cm³/mol. The van der Waals surface area contributed by atoms with Crippen molar-refractivity contribution in [3.63, 3.8) is 0 Å². The molecule has 0 bridgehead atoms. The van der Waals surface area contributed by atoms with E-state index in [1.54, 1.807) is 0 Å². The van der Waals surface area contributed by atoms with Gasteiger partial charge in [-0.15, -0.1) is 0 Å². The minimum absolute atomic E-state index is 0.421. The molecular weight excluding hydrogens is 256 g/mol. The van der Waals surface area contributed by atoms with Gasteiger partial charge in [0.15, 0.2) is 0 Å². The fourth-order valence-corrected chi connectivity index (χ4v) is 3.65. The van der Waals surface area contributed by atoms with Crippen LogP contribution in [0.1, 0.15) is 49.9 Å². The Labute approximate surface area is 130 Å². The summed E-state index contributed by atoms with van der Waals surface area (Å²) in [6.07, 6.45) is 1.37. The third kappa shape index (κ3) is 3.87. The molecule has 1 fully saturated rings. The van der Waals surface area contributed by atoms with E-state index in [-0.39, 0.29) is 0 Å². The molecule has 0 saturated carbocycles. The third-order valence-corrected chi connectivity index (χ3v) is 5.42. The van der Waals surface area contributed by atoms with Crippen LogP contribution in [0.5, 0.6) is 0 Å². The van der Waals surface area contributed by atoms with E-state index in [0.717, 1.165) is 18.4 Å². The number of hydrogen-bond donors (Lipinski definition) is 1. The molecule has 118 valence electrons. The summed E-state index contributed by atoms with van der Waals surface area (Å²) >= 11 is 0. The van der Waals surface area contributed by atoms with Gasteiger partial charge in [-0.2, -0.15) is 0 Å². The van der Waals surface area contributed by atoms with Crippen LogP contribution in [0.3, 0.4) is 0 Å². The monoisotopic (exact) mass is 288 g/mol. The van der Waals surface area contributed by atoms with E-state index in [9.17, 15) is 0 Å². The number of nitrogens with zero attached hydrogens (tertiary/aromatic N) is 1. The molecule has 1 aromatic rings. The molecule has 4 atom stereocenters. The summed E-state index contributed by atoms with van der Waals surface area (Å²) in [6.45, 7) is 13.9. The van der Waals surface area contributed by atoms with Gasteiger partial charge < -0.3 is 5.32 Å². The van der Waals surface area contributed by atoms with Crippen LogP contribution in [0.25, 0.3) is 0 Å². The zero-order valence-corrected chi connectivity index (χ0v) is 14.6. The lowest BCUT2D eigenvalue weighted by atomic mass is 9.85. The average molecular weight is 288 g/mol. The summed E-state index contributed by atoms with van der Waals surface area (Å²) in [5, 5.41) is 3.52. The molecule has 2 rings (SSSR count). The topological polar surface area (TPSA) is 15.3 Å². The first kappa shape index (κ1) is 16.5. The van der Waals surface area contributed by atoms with Crippen molar-refractivity contribution in [1.82, 2.24) is 10.2 Å². The van der Waals surface area contributed by atoms with Crippen molar-refractivity contribution < 1.29 is 0 Å². The Morgan fingerprint density at radius 2 is 1.90 bits per heavy atom. The van der Waals surface area contributed by atoms with Crippen molar-refractivity contribution in [1.29, 1.82) is 0 Å². The maximum absolute atomic E-state index is 3.52. The van der Waals surface area contributed by atoms with Gasteiger partial charge in [0.2, 0.25) is 0 Å². The SMILES string of the molecule is CNC(CN1CC(C)CC(C)C1C)c1ccc(C)c(C)c1. The molecule has 0 amide bonds. The first-order valence-electron chi connectivity index (χ1n) is 8.40. The number of benzene rings is 1. The first-order chi connectivity index (χ1) is 9.92. The molecule has 1 heterocycles. The predicted octanol–water partition coefficient (Wildman–Crippen LogP) is 3.93. The van der Waals surface area contributed by atoms with E-state index >= 15 is 0 Å². The van der Waals surface area contributed by atoms with Crippen LogP contribution in [0.2, 0.25) is 0 Å². The number of hydrogen-bond acceptors (Lipinski definition) is 2. The number of likely N-dealkylation sites (tertiary alicyclic amines) is 1. The molecule has 4 unspecified atom stereocenters. The van der Waals surface area contributed by atoms with Crippen molar-refractivity contribution in [2.75, 3.05) is 20.1 Å². The van der Waals surface area contributed by atoms with Gasteiger partial charge in [0, 0.05) is 25.2 Å². The number of nitrogens with one attached hydrogen (secondary N) is 1. The Morgan fingerprint density at radius 1 is 1.19 bits per heavy atom. The van der Waals surface area contributed by atoms with Crippen molar-refractivity contribution in [3.05, 3.63) is 34.9 Å². The second kappa shape index (κ2) is 6.93. The second-order valence-corrected chi connectivity index (χ2v) is 7.20. The van der Waals surface area contributed by atoms with Crippen molar-refractivity contribution in [2.45, 2.75) is 53.1 Å². The van der Waals surface area contributed by atoms with Gasteiger partial charge in [-0.05, 0) is 62.8 Å². The van der Waals surface area contributed by atoms with Gasteiger partial charge in [0.1, 0.15) is 0 Å². The molecule has 1 N–H and O–H groups in total. The molecule has 0 radical (unpaired) electrons. The van der Waals surface area contributed by atoms with E-state index < -0.39 is 0 Å². The normalized spacial score (nSPS) is 28.6. The Hall–Kier alpha value is -0.860. The summed E-state index contributed by atoms with van der Waals surface area (Å²) < 4.78 is 0. The van der Waals surface area contributed by atoms with E-state index in [1.807, 2.05) is 0 Å².